The number of carbonyl (C=O) groups excluding carboxylic acids is 2. The van der Waals surface area contributed by atoms with E-state index in [2.05, 4.69) is 26.2 Å². The first-order valence-corrected chi connectivity index (χ1v) is 9.83. The number of rotatable bonds is 4. The predicted octanol–water partition coefficient (Wildman–Crippen LogP) is 4.12. The molecular formula is C21H19BrN2O4. The standard InChI is InChI=1S/C21H19BrN2O4/c1-12(20(25)24-16-10-11-27-17-9-5-3-6-13(16)17)28-21(26)19-18(22)14-7-2-4-8-15(14)23-19/h2-9,12,16,23H,10-11H2,1H3,(H,24,25)/t12-,16+/m1/s1. The maximum Gasteiger partial charge on any atom is 0.356 e. The molecule has 0 bridgehead atoms. The molecular weight excluding hydrogens is 424 g/mol. The number of aromatic nitrogens is 1. The van der Waals surface area contributed by atoms with Crippen molar-refractivity contribution in [3.8, 4) is 5.75 Å². The molecule has 0 radical (unpaired) electrons. The lowest BCUT2D eigenvalue weighted by molar-refractivity contribution is -0.130. The van der Waals surface area contributed by atoms with Gasteiger partial charge in [-0.3, -0.25) is 4.79 Å². The van der Waals surface area contributed by atoms with Gasteiger partial charge in [0.15, 0.2) is 6.10 Å². The largest absolute Gasteiger partial charge is 0.493 e. The monoisotopic (exact) mass is 442 g/mol. The zero-order chi connectivity index (χ0) is 19.7. The Morgan fingerprint density at radius 3 is 2.79 bits per heavy atom. The van der Waals surface area contributed by atoms with Crippen LogP contribution in [0.1, 0.15) is 35.4 Å². The molecule has 1 aromatic heterocycles. The fourth-order valence-corrected chi connectivity index (χ4v) is 3.91. The fraction of sp³-hybridized carbons (Fsp3) is 0.238. The lowest BCUT2D eigenvalue weighted by Crippen LogP contribution is -2.39. The van der Waals surface area contributed by atoms with E-state index >= 15 is 0 Å². The third-order valence-electron chi connectivity index (χ3n) is 4.77. The predicted molar refractivity (Wildman–Crippen MR) is 108 cm³/mol. The zero-order valence-corrected chi connectivity index (χ0v) is 16.8. The molecule has 0 saturated heterocycles. The van der Waals surface area contributed by atoms with Crippen LogP contribution in [0.5, 0.6) is 5.75 Å². The summed E-state index contributed by atoms with van der Waals surface area (Å²) in [6, 6.07) is 15.0. The van der Waals surface area contributed by atoms with Crippen LogP contribution in [-0.4, -0.2) is 29.6 Å². The Labute approximate surface area is 170 Å². The van der Waals surface area contributed by atoms with E-state index < -0.39 is 12.1 Å². The van der Waals surface area contributed by atoms with E-state index in [1.165, 1.54) is 0 Å². The van der Waals surface area contributed by atoms with Crippen molar-refractivity contribution in [3.63, 3.8) is 0 Å². The molecule has 28 heavy (non-hydrogen) atoms. The topological polar surface area (TPSA) is 80.4 Å². The molecule has 0 spiro atoms. The van der Waals surface area contributed by atoms with Crippen molar-refractivity contribution >= 4 is 38.7 Å². The van der Waals surface area contributed by atoms with Crippen molar-refractivity contribution in [2.75, 3.05) is 6.61 Å². The van der Waals surface area contributed by atoms with E-state index in [0.717, 1.165) is 22.2 Å². The van der Waals surface area contributed by atoms with E-state index in [1.807, 2.05) is 48.5 Å². The number of hydrogen-bond acceptors (Lipinski definition) is 4. The molecule has 2 atom stereocenters. The zero-order valence-electron chi connectivity index (χ0n) is 15.2. The summed E-state index contributed by atoms with van der Waals surface area (Å²) in [7, 11) is 0. The quantitative estimate of drug-likeness (QED) is 0.595. The number of aromatic amines is 1. The molecule has 7 heteroatoms. The lowest BCUT2D eigenvalue weighted by Gasteiger charge is -2.27. The number of ether oxygens (including phenoxy) is 2. The van der Waals surface area contributed by atoms with E-state index in [4.69, 9.17) is 9.47 Å². The van der Waals surface area contributed by atoms with Gasteiger partial charge in [0, 0.05) is 22.9 Å². The van der Waals surface area contributed by atoms with Crippen LogP contribution in [-0.2, 0) is 9.53 Å². The summed E-state index contributed by atoms with van der Waals surface area (Å²) >= 11 is 3.43. The SMILES string of the molecule is C[C@@H](OC(=O)c1[nH]c2ccccc2c1Br)C(=O)N[C@H]1CCOc2ccccc21. The third kappa shape index (κ3) is 3.49. The second-order valence-electron chi connectivity index (χ2n) is 6.64. The number of esters is 1. The average Bonchev–Trinajstić information content (AvgIpc) is 3.05. The Morgan fingerprint density at radius 1 is 1.21 bits per heavy atom. The summed E-state index contributed by atoms with van der Waals surface area (Å²) in [5.41, 5.74) is 2.04. The van der Waals surface area contributed by atoms with E-state index in [1.54, 1.807) is 6.92 Å². The molecule has 0 aliphatic carbocycles. The molecule has 0 saturated carbocycles. The molecule has 1 aliphatic rings. The van der Waals surface area contributed by atoms with Gasteiger partial charge in [0.05, 0.1) is 17.1 Å². The number of benzene rings is 2. The van der Waals surface area contributed by atoms with E-state index in [-0.39, 0.29) is 17.6 Å². The van der Waals surface area contributed by atoms with E-state index in [0.29, 0.717) is 17.5 Å². The van der Waals surface area contributed by atoms with Gasteiger partial charge in [-0.25, -0.2) is 4.79 Å². The first kappa shape index (κ1) is 18.6. The van der Waals surface area contributed by atoms with Gasteiger partial charge >= 0.3 is 5.97 Å². The maximum atomic E-state index is 12.6. The first-order valence-electron chi connectivity index (χ1n) is 9.04. The Balaban J connectivity index is 1.45. The molecule has 4 rings (SSSR count). The highest BCUT2D eigenvalue weighted by Gasteiger charge is 2.27. The van der Waals surface area contributed by atoms with Crippen molar-refractivity contribution in [1.29, 1.82) is 0 Å². The number of fused-ring (bicyclic) bond motifs is 2. The number of H-pyrrole nitrogens is 1. The second-order valence-corrected chi connectivity index (χ2v) is 7.44. The van der Waals surface area contributed by atoms with Gasteiger partial charge in [0.25, 0.3) is 5.91 Å². The smallest absolute Gasteiger partial charge is 0.356 e. The Bertz CT molecular complexity index is 1050. The first-order chi connectivity index (χ1) is 13.5. The van der Waals surface area contributed by atoms with Crippen LogP contribution in [0.2, 0.25) is 0 Å². The molecule has 6 nitrogen and oxygen atoms in total. The molecule has 2 heterocycles. The minimum absolute atomic E-state index is 0.168. The van der Waals surface area contributed by atoms with Crippen LogP contribution < -0.4 is 10.1 Å². The summed E-state index contributed by atoms with van der Waals surface area (Å²) < 4.78 is 11.6. The van der Waals surface area contributed by atoms with Gasteiger partial charge in [0.1, 0.15) is 11.4 Å². The van der Waals surface area contributed by atoms with Crippen molar-refractivity contribution in [2.24, 2.45) is 0 Å². The summed E-state index contributed by atoms with van der Waals surface area (Å²) in [5, 5.41) is 3.83. The van der Waals surface area contributed by atoms with Gasteiger partial charge in [-0.1, -0.05) is 36.4 Å². The van der Waals surface area contributed by atoms with Crippen LogP contribution in [0.4, 0.5) is 0 Å². The minimum Gasteiger partial charge on any atom is -0.493 e. The summed E-state index contributed by atoms with van der Waals surface area (Å²) in [5.74, 6) is -0.161. The highest BCUT2D eigenvalue weighted by atomic mass is 79.9. The number of para-hydroxylation sites is 2. The molecule has 0 unspecified atom stereocenters. The average molecular weight is 443 g/mol. The van der Waals surface area contributed by atoms with Gasteiger partial charge in [-0.15, -0.1) is 0 Å². The molecule has 144 valence electrons. The number of amides is 1. The Kier molecular flexibility index (Phi) is 5.09. The number of hydrogen-bond donors (Lipinski definition) is 2. The van der Waals surface area contributed by atoms with Crippen LogP contribution in [0.25, 0.3) is 10.9 Å². The van der Waals surface area contributed by atoms with Crippen LogP contribution in [0.3, 0.4) is 0 Å². The lowest BCUT2D eigenvalue weighted by atomic mass is 10.0. The van der Waals surface area contributed by atoms with Gasteiger partial charge < -0.3 is 19.8 Å². The van der Waals surface area contributed by atoms with Crippen molar-refractivity contribution < 1.29 is 19.1 Å². The molecule has 3 aromatic rings. The van der Waals surface area contributed by atoms with Gasteiger partial charge in [-0.2, -0.15) is 0 Å². The highest BCUT2D eigenvalue weighted by molar-refractivity contribution is 9.10. The minimum atomic E-state index is -0.930. The third-order valence-corrected chi connectivity index (χ3v) is 5.60. The number of halogens is 1. The normalized spacial score (nSPS) is 16.7. The summed E-state index contributed by atoms with van der Waals surface area (Å²) in [4.78, 5) is 28.2. The van der Waals surface area contributed by atoms with Gasteiger partial charge in [0.2, 0.25) is 0 Å². The second kappa shape index (κ2) is 7.67. The number of nitrogens with one attached hydrogen (secondary N) is 2. The van der Waals surface area contributed by atoms with E-state index in [9.17, 15) is 9.59 Å². The van der Waals surface area contributed by atoms with Crippen LogP contribution in [0, 0.1) is 0 Å². The maximum absolute atomic E-state index is 12.6. The highest BCUT2D eigenvalue weighted by Crippen LogP contribution is 2.32. The fourth-order valence-electron chi connectivity index (χ4n) is 3.30. The Hall–Kier alpha value is -2.80. The Morgan fingerprint density at radius 2 is 1.96 bits per heavy atom. The summed E-state index contributed by atoms with van der Waals surface area (Å²) in [6.45, 7) is 2.09. The summed E-state index contributed by atoms with van der Waals surface area (Å²) in [6.07, 6.45) is -0.266. The van der Waals surface area contributed by atoms with Gasteiger partial charge in [-0.05, 0) is 35.0 Å². The molecule has 2 aromatic carbocycles. The van der Waals surface area contributed by atoms with Crippen LogP contribution >= 0.6 is 15.9 Å². The van der Waals surface area contributed by atoms with Crippen molar-refractivity contribution in [1.82, 2.24) is 10.3 Å². The molecule has 1 amide bonds. The molecule has 2 N–H and O–H groups in total. The molecule has 0 fully saturated rings. The molecule has 1 aliphatic heterocycles. The number of carbonyl (C=O) groups is 2. The van der Waals surface area contributed by atoms with Crippen molar-refractivity contribution in [2.45, 2.75) is 25.5 Å². The van der Waals surface area contributed by atoms with Crippen molar-refractivity contribution in [3.05, 3.63) is 64.3 Å². The van der Waals surface area contributed by atoms with Crippen LogP contribution in [0.15, 0.2) is 53.0 Å².